The van der Waals surface area contributed by atoms with Crippen molar-refractivity contribution >= 4 is 22.9 Å². The average Bonchev–Trinajstić information content (AvgIpc) is 2.29. The molecule has 0 atom stereocenters. The van der Waals surface area contributed by atoms with E-state index >= 15 is 0 Å². The van der Waals surface area contributed by atoms with Crippen molar-refractivity contribution in [2.45, 2.75) is 19.8 Å². The summed E-state index contributed by atoms with van der Waals surface area (Å²) < 4.78 is 0. The first-order chi connectivity index (χ1) is 8.10. The third-order valence-corrected chi connectivity index (χ3v) is 2.44. The number of halogens is 1. The molecule has 1 aromatic carbocycles. The minimum absolute atomic E-state index is 0.0988. The van der Waals surface area contributed by atoms with E-state index in [0.29, 0.717) is 17.0 Å². The van der Waals surface area contributed by atoms with Crippen LogP contribution < -0.4 is 0 Å². The normalized spacial score (nSPS) is 11.0. The molecule has 17 heavy (non-hydrogen) atoms. The molecule has 0 aliphatic rings. The van der Waals surface area contributed by atoms with Crippen molar-refractivity contribution in [2.75, 3.05) is 0 Å². The molecule has 4 nitrogen and oxygen atoms in total. The Morgan fingerprint density at radius 1 is 1.65 bits per heavy atom. The zero-order valence-corrected chi connectivity index (χ0v) is 10.1. The largest absolute Gasteiger partial charge is 0.278 e. The van der Waals surface area contributed by atoms with Gasteiger partial charge in [0, 0.05) is 11.1 Å². The van der Waals surface area contributed by atoms with Crippen molar-refractivity contribution in [3.63, 3.8) is 0 Å². The molecule has 1 rings (SSSR count). The number of allylic oxidation sites excluding steroid dienone is 2. The van der Waals surface area contributed by atoms with E-state index < -0.39 is 4.92 Å². The van der Waals surface area contributed by atoms with Gasteiger partial charge in [0.15, 0.2) is 0 Å². The Labute approximate surface area is 104 Å². The van der Waals surface area contributed by atoms with Crippen molar-refractivity contribution in [3.8, 4) is 6.07 Å². The molecule has 0 spiro atoms. The standard InChI is InChI=1S/C12H11ClN2O2/c1-2-3-4-9(8-14)11-7-10(13)5-6-12(11)15(16)17/h4-7H,2-3H2,1H3/b9-4+. The third-order valence-electron chi connectivity index (χ3n) is 2.20. The van der Waals surface area contributed by atoms with Crippen LogP contribution in [0.5, 0.6) is 0 Å². The van der Waals surface area contributed by atoms with Crippen LogP contribution in [0.2, 0.25) is 5.02 Å². The van der Waals surface area contributed by atoms with Crippen molar-refractivity contribution in [1.29, 1.82) is 5.26 Å². The lowest BCUT2D eigenvalue weighted by Gasteiger charge is -2.02. The van der Waals surface area contributed by atoms with E-state index in [0.717, 1.165) is 6.42 Å². The molecule has 0 bridgehead atoms. The summed E-state index contributed by atoms with van der Waals surface area (Å²) in [6.45, 7) is 1.97. The fraction of sp³-hybridized carbons (Fsp3) is 0.250. The predicted octanol–water partition coefficient (Wildman–Crippen LogP) is 3.96. The topological polar surface area (TPSA) is 66.9 Å². The van der Waals surface area contributed by atoms with E-state index in [1.54, 1.807) is 6.08 Å². The van der Waals surface area contributed by atoms with Crippen LogP contribution in [0.1, 0.15) is 25.3 Å². The maximum absolute atomic E-state index is 10.9. The highest BCUT2D eigenvalue weighted by Crippen LogP contribution is 2.29. The van der Waals surface area contributed by atoms with Gasteiger partial charge in [-0.2, -0.15) is 5.26 Å². The minimum atomic E-state index is -0.511. The SMILES string of the molecule is CCC/C=C(\C#N)c1cc(Cl)ccc1[N+](=O)[O-]. The van der Waals surface area contributed by atoms with Gasteiger partial charge in [-0.3, -0.25) is 10.1 Å². The van der Waals surface area contributed by atoms with Gasteiger partial charge in [0.2, 0.25) is 0 Å². The van der Waals surface area contributed by atoms with Gasteiger partial charge in [-0.15, -0.1) is 0 Å². The van der Waals surface area contributed by atoms with E-state index in [-0.39, 0.29) is 11.3 Å². The van der Waals surface area contributed by atoms with E-state index in [1.165, 1.54) is 18.2 Å². The van der Waals surface area contributed by atoms with Crippen molar-refractivity contribution in [3.05, 3.63) is 45.0 Å². The van der Waals surface area contributed by atoms with Crippen LogP contribution in [0, 0.1) is 21.4 Å². The smallest absolute Gasteiger partial charge is 0.258 e. The molecule has 5 heteroatoms. The zero-order valence-electron chi connectivity index (χ0n) is 9.31. The summed E-state index contributed by atoms with van der Waals surface area (Å²) in [5, 5.41) is 20.3. The molecule has 0 saturated carbocycles. The molecule has 0 aromatic heterocycles. The lowest BCUT2D eigenvalue weighted by Crippen LogP contribution is -1.94. The molecule has 0 saturated heterocycles. The number of benzene rings is 1. The molecule has 88 valence electrons. The van der Waals surface area contributed by atoms with Crippen LogP contribution in [0.25, 0.3) is 5.57 Å². The number of nitro benzene ring substituents is 1. The second kappa shape index (κ2) is 6.02. The van der Waals surface area contributed by atoms with Gasteiger partial charge < -0.3 is 0 Å². The van der Waals surface area contributed by atoms with Gasteiger partial charge >= 0.3 is 0 Å². The quantitative estimate of drug-likeness (QED) is 0.461. The number of nitro groups is 1. The number of unbranched alkanes of at least 4 members (excludes halogenated alkanes) is 1. The second-order valence-corrected chi connectivity index (χ2v) is 3.87. The Hall–Kier alpha value is -1.86. The molecule has 0 unspecified atom stereocenters. The van der Waals surface area contributed by atoms with Crippen LogP contribution in [-0.4, -0.2) is 4.92 Å². The lowest BCUT2D eigenvalue weighted by molar-refractivity contribution is -0.385. The molecule has 0 heterocycles. The van der Waals surface area contributed by atoms with Gasteiger partial charge in [0.1, 0.15) is 0 Å². The molecule has 0 aliphatic carbocycles. The van der Waals surface area contributed by atoms with Gasteiger partial charge in [-0.1, -0.05) is 31.0 Å². The molecular formula is C12H11ClN2O2. The number of rotatable bonds is 4. The fourth-order valence-electron chi connectivity index (χ4n) is 1.39. The van der Waals surface area contributed by atoms with Crippen molar-refractivity contribution in [2.24, 2.45) is 0 Å². The maximum Gasteiger partial charge on any atom is 0.278 e. The summed E-state index contributed by atoms with van der Waals surface area (Å²) in [4.78, 5) is 10.3. The predicted molar refractivity (Wildman–Crippen MR) is 66.6 cm³/mol. The third kappa shape index (κ3) is 3.30. The minimum Gasteiger partial charge on any atom is -0.258 e. The summed E-state index contributed by atoms with van der Waals surface area (Å²) in [6.07, 6.45) is 3.27. The van der Waals surface area contributed by atoms with Crippen molar-refractivity contribution in [1.82, 2.24) is 0 Å². The van der Waals surface area contributed by atoms with E-state index in [2.05, 4.69) is 0 Å². The number of nitrogens with zero attached hydrogens (tertiary/aromatic N) is 2. The number of nitriles is 1. The molecule has 1 aromatic rings. The molecule has 0 amide bonds. The number of hydrogen-bond acceptors (Lipinski definition) is 3. The molecule has 0 radical (unpaired) electrons. The van der Waals surface area contributed by atoms with Gasteiger partial charge in [-0.05, 0) is 18.6 Å². The fourth-order valence-corrected chi connectivity index (χ4v) is 1.56. The Morgan fingerprint density at radius 2 is 2.35 bits per heavy atom. The molecule has 0 aliphatic heterocycles. The van der Waals surface area contributed by atoms with Crippen LogP contribution >= 0.6 is 11.6 Å². The van der Waals surface area contributed by atoms with E-state index in [4.69, 9.17) is 16.9 Å². The average molecular weight is 251 g/mol. The van der Waals surface area contributed by atoms with E-state index in [9.17, 15) is 10.1 Å². The molecule has 0 fully saturated rings. The highest BCUT2D eigenvalue weighted by molar-refractivity contribution is 6.30. The van der Waals surface area contributed by atoms with Crippen LogP contribution in [-0.2, 0) is 0 Å². The summed E-state index contributed by atoms with van der Waals surface area (Å²) >= 11 is 5.80. The first kappa shape index (κ1) is 13.2. The Kier molecular flexibility index (Phi) is 4.68. The van der Waals surface area contributed by atoms with Crippen molar-refractivity contribution < 1.29 is 4.92 Å². The number of hydrogen-bond donors (Lipinski definition) is 0. The van der Waals surface area contributed by atoms with Gasteiger partial charge in [-0.25, -0.2) is 0 Å². The van der Waals surface area contributed by atoms with Crippen LogP contribution in [0.4, 0.5) is 5.69 Å². The summed E-state index contributed by atoms with van der Waals surface area (Å²) in [5.74, 6) is 0. The summed E-state index contributed by atoms with van der Waals surface area (Å²) in [6, 6.07) is 6.18. The van der Waals surface area contributed by atoms with Crippen LogP contribution in [0.15, 0.2) is 24.3 Å². The van der Waals surface area contributed by atoms with E-state index in [1.807, 2.05) is 13.0 Å². The summed E-state index contributed by atoms with van der Waals surface area (Å²) in [5.41, 5.74) is 0.470. The van der Waals surface area contributed by atoms with Gasteiger partial charge in [0.25, 0.3) is 5.69 Å². The first-order valence-corrected chi connectivity index (χ1v) is 5.52. The summed E-state index contributed by atoms with van der Waals surface area (Å²) in [7, 11) is 0. The van der Waals surface area contributed by atoms with Crippen LogP contribution in [0.3, 0.4) is 0 Å². The molecular weight excluding hydrogens is 240 g/mol. The Balaban J connectivity index is 3.32. The highest BCUT2D eigenvalue weighted by Gasteiger charge is 2.17. The molecule has 0 N–H and O–H groups in total. The first-order valence-electron chi connectivity index (χ1n) is 5.14. The Morgan fingerprint density at radius 3 is 2.88 bits per heavy atom. The zero-order chi connectivity index (χ0) is 12.8. The van der Waals surface area contributed by atoms with Gasteiger partial charge in [0.05, 0.1) is 22.1 Å². The second-order valence-electron chi connectivity index (χ2n) is 3.44. The highest BCUT2D eigenvalue weighted by atomic mass is 35.5. The maximum atomic E-state index is 10.9. The monoisotopic (exact) mass is 250 g/mol. The lowest BCUT2D eigenvalue weighted by atomic mass is 10.0. The Bertz CT molecular complexity index is 504.